The van der Waals surface area contributed by atoms with Gasteiger partial charge >= 0.3 is 11.4 Å². The summed E-state index contributed by atoms with van der Waals surface area (Å²) in [5.41, 5.74) is 17.4. The number of aliphatic hydroxyl groups excluding tert-OH is 1. The Morgan fingerprint density at radius 2 is 1.01 bits per heavy atom. The molecule has 2 fully saturated rings. The van der Waals surface area contributed by atoms with Crippen molar-refractivity contribution in [1.82, 2.24) is 48.0 Å². The van der Waals surface area contributed by atoms with Gasteiger partial charge in [-0.1, -0.05) is 60.7 Å². The van der Waals surface area contributed by atoms with Crippen molar-refractivity contribution < 1.29 is 24.5 Å². The second-order valence-electron chi connectivity index (χ2n) is 20.1. The van der Waals surface area contributed by atoms with Crippen LogP contribution in [0.1, 0.15) is 25.7 Å². The maximum absolute atomic E-state index is 14.0. The average molecular weight is 1140 g/mol. The van der Waals surface area contributed by atoms with Crippen LogP contribution in [0, 0.1) is 0 Å². The van der Waals surface area contributed by atoms with E-state index in [1.165, 1.54) is 62.7 Å². The Hall–Kier alpha value is -10.2. The van der Waals surface area contributed by atoms with Gasteiger partial charge < -0.3 is 41.4 Å². The molecule has 0 atom stereocenters. The molecule has 21 nitrogen and oxygen atoms in total. The quantitative estimate of drug-likeness (QED) is 0.0345. The Labute approximate surface area is 490 Å². The van der Waals surface area contributed by atoms with E-state index in [0.29, 0.717) is 68.0 Å². The van der Waals surface area contributed by atoms with E-state index < -0.39 is 6.29 Å². The Morgan fingerprint density at radius 1 is 0.565 bits per heavy atom. The van der Waals surface area contributed by atoms with Gasteiger partial charge in [0.2, 0.25) is 5.91 Å². The largest absolute Gasteiger partial charge is 0.457 e. The van der Waals surface area contributed by atoms with E-state index in [1.54, 1.807) is 90.8 Å². The highest BCUT2D eigenvalue weighted by Crippen LogP contribution is 2.30. The second kappa shape index (κ2) is 27.3. The Morgan fingerprint density at radius 3 is 1.48 bits per heavy atom. The van der Waals surface area contributed by atoms with Gasteiger partial charge in [0.1, 0.15) is 46.7 Å². The number of nitrogen functional groups attached to an aromatic ring is 2. The number of para-hydroxylation sites is 2. The minimum absolute atomic E-state index is 0.148. The number of hydrogen-bond acceptors (Lipinski definition) is 16. The predicted molar refractivity (Wildman–Crippen MR) is 332 cm³/mol. The molecule has 0 unspecified atom stereocenters. The van der Waals surface area contributed by atoms with Crippen molar-refractivity contribution in [2.24, 2.45) is 0 Å². The lowest BCUT2D eigenvalue weighted by Gasteiger charge is -2.17. The summed E-state index contributed by atoms with van der Waals surface area (Å²) in [5.74, 6) is 2.97. The lowest BCUT2D eigenvalue weighted by Crippen LogP contribution is -2.26. The predicted octanol–water partition coefficient (Wildman–Crippen LogP) is 8.50. The number of likely N-dealkylation sites (tertiary alicyclic amines) is 2. The first-order valence-electron chi connectivity index (χ1n) is 27.9. The van der Waals surface area contributed by atoms with Crippen molar-refractivity contribution >= 4 is 51.2 Å². The zero-order valence-corrected chi connectivity index (χ0v) is 47.1. The third kappa shape index (κ3) is 13.8. The van der Waals surface area contributed by atoms with Crippen molar-refractivity contribution in [1.29, 1.82) is 0 Å². The lowest BCUT2D eigenvalue weighted by atomic mass is 10.2. The van der Waals surface area contributed by atoms with Gasteiger partial charge in [0, 0.05) is 44.6 Å². The number of aromatic nitrogens is 8. The zero-order chi connectivity index (χ0) is 59.2. The standard InChI is InChI=1S/C32H31N7O3.C24H20N6O2.C8H15NO2/c1-36(28(40)13-8-20-37-18-5-6-19-37)24-9-7-10-25(21-24)39-31-29(30(33)34-22-35-31)38(32(39)41)23-14-16-27(17-15-23)42-26-11-3-2-4-12-26;1-26-16-6-5-7-18(14-16)30-23-21(22(25)27-15-28-23)29(24(30)31)17-10-12-20(13-11-17)32-19-8-3-2-4-9-19;10-8(11)4-3-7-9-5-1-2-6-9/h2-4,7-17,21-22H,5-6,18-20H2,1H3,(H2,33,34,35);2-15,26H,1H3,(H2,25,27,28);3-4,8,10-11H,1-2,5-7H2/b13-8+;;4-3+. The number of likely N-dealkylation sites (N-methyl/N-ethyl adjacent to an activating group) is 1. The van der Waals surface area contributed by atoms with Crippen LogP contribution in [-0.2, 0) is 4.79 Å². The normalized spacial score (nSPS) is 13.5. The molecule has 0 aliphatic carbocycles. The molecule has 0 radical (unpaired) electrons. The average Bonchev–Trinajstić information content (AvgIpc) is 2.21. The first-order chi connectivity index (χ1) is 41.4. The van der Waals surface area contributed by atoms with Crippen LogP contribution in [-0.4, -0.2) is 124 Å². The number of fused-ring (bicyclic) bond motifs is 2. The fourth-order valence-corrected chi connectivity index (χ4v) is 10.1. The number of imidazole rings is 2. The van der Waals surface area contributed by atoms with Gasteiger partial charge in [0.15, 0.2) is 29.2 Å². The molecule has 0 bridgehead atoms. The minimum atomic E-state index is -1.29. The monoisotopic (exact) mass is 1140 g/mol. The molecule has 2 aliphatic rings. The van der Waals surface area contributed by atoms with Crippen molar-refractivity contribution in [3.05, 3.63) is 216 Å². The number of amides is 1. The van der Waals surface area contributed by atoms with E-state index in [9.17, 15) is 14.4 Å². The summed E-state index contributed by atoms with van der Waals surface area (Å²) in [4.78, 5) is 63.7. The number of rotatable bonds is 16. The molecule has 85 heavy (non-hydrogen) atoms. The van der Waals surface area contributed by atoms with Crippen LogP contribution in [0.4, 0.5) is 23.0 Å². The van der Waals surface area contributed by atoms with Crippen molar-refractivity contribution in [2.75, 3.05) is 75.0 Å². The Kier molecular flexibility index (Phi) is 18.6. The number of carbonyl (C=O) groups is 1. The lowest BCUT2D eigenvalue weighted by molar-refractivity contribution is -0.113. The van der Waals surface area contributed by atoms with E-state index in [2.05, 4.69) is 35.1 Å². The topological polar surface area (TPSA) is 255 Å². The molecule has 0 saturated carbocycles. The van der Waals surface area contributed by atoms with Gasteiger partial charge in [-0.2, -0.15) is 0 Å². The molecule has 21 heteroatoms. The van der Waals surface area contributed by atoms with E-state index >= 15 is 0 Å². The number of aliphatic hydroxyl groups is 2. The summed E-state index contributed by atoms with van der Waals surface area (Å²) in [7, 11) is 3.54. The van der Waals surface area contributed by atoms with Crippen molar-refractivity contribution in [3.63, 3.8) is 0 Å². The van der Waals surface area contributed by atoms with Crippen molar-refractivity contribution in [2.45, 2.75) is 32.0 Å². The molecular weight excluding hydrogens is 1080 g/mol. The van der Waals surface area contributed by atoms with E-state index in [-0.39, 0.29) is 28.9 Å². The molecule has 4 aromatic heterocycles. The van der Waals surface area contributed by atoms with Crippen LogP contribution in [0.15, 0.2) is 204 Å². The summed E-state index contributed by atoms with van der Waals surface area (Å²) in [6.45, 7) is 6.03. The molecule has 12 rings (SSSR count). The van der Waals surface area contributed by atoms with E-state index in [4.69, 9.17) is 31.2 Å². The summed E-state index contributed by atoms with van der Waals surface area (Å²) in [6, 6.07) is 48.0. The van der Waals surface area contributed by atoms with Gasteiger partial charge in [0.05, 0.1) is 22.7 Å². The van der Waals surface area contributed by atoms with Crippen LogP contribution in [0.5, 0.6) is 23.0 Å². The summed E-state index contributed by atoms with van der Waals surface area (Å²) in [5, 5.41) is 20.0. The van der Waals surface area contributed by atoms with Crippen LogP contribution in [0.25, 0.3) is 45.1 Å². The number of ether oxygens (including phenoxy) is 2. The molecule has 6 aromatic carbocycles. The fourth-order valence-electron chi connectivity index (χ4n) is 10.1. The highest BCUT2D eigenvalue weighted by Gasteiger charge is 2.23. The highest BCUT2D eigenvalue weighted by atomic mass is 16.5. The molecule has 434 valence electrons. The molecule has 1 amide bonds. The second-order valence-corrected chi connectivity index (χ2v) is 20.1. The van der Waals surface area contributed by atoms with Gasteiger partial charge in [-0.15, -0.1) is 0 Å². The molecule has 2 saturated heterocycles. The number of nitrogens with two attached hydrogens (primary N) is 2. The number of nitrogens with zero attached hydrogens (tertiary/aromatic N) is 11. The molecule has 6 heterocycles. The van der Waals surface area contributed by atoms with Crippen molar-refractivity contribution in [3.8, 4) is 45.7 Å². The third-order valence-electron chi connectivity index (χ3n) is 14.3. The van der Waals surface area contributed by atoms with Gasteiger partial charge in [0.25, 0.3) is 0 Å². The number of benzene rings is 6. The van der Waals surface area contributed by atoms with Crippen LogP contribution in [0.2, 0.25) is 0 Å². The maximum Gasteiger partial charge on any atom is 0.339 e. The summed E-state index contributed by atoms with van der Waals surface area (Å²) >= 11 is 0. The SMILES string of the molecule is CN(C(=O)/C=C/CN1CCCC1)c1cccc(-n2c(=O)n(-c3ccc(Oc4ccccc4)cc3)c3c(N)ncnc32)c1.CNc1cccc(-n2c(=O)n(-c3ccc(Oc4ccccc4)cc3)c3c(N)ncnc32)c1.OC(O)/C=C/CN1CCCC1. The first kappa shape index (κ1) is 58.0. The maximum atomic E-state index is 14.0. The highest BCUT2D eigenvalue weighted by molar-refractivity contribution is 6.01. The van der Waals surface area contributed by atoms with Crippen LogP contribution in [0.3, 0.4) is 0 Å². The smallest absolute Gasteiger partial charge is 0.339 e. The van der Waals surface area contributed by atoms with E-state index in [1.807, 2.05) is 104 Å². The first-order valence-corrected chi connectivity index (χ1v) is 27.9. The van der Waals surface area contributed by atoms with Crippen LogP contribution >= 0.6 is 0 Å². The van der Waals surface area contributed by atoms with Gasteiger partial charge in [-0.3, -0.25) is 23.7 Å². The number of carbonyl (C=O) groups excluding carboxylic acids is 1. The van der Waals surface area contributed by atoms with Gasteiger partial charge in [-0.25, -0.2) is 38.7 Å². The Balaban J connectivity index is 0.000000164. The molecule has 2 aliphatic heterocycles. The summed E-state index contributed by atoms with van der Waals surface area (Å²) < 4.78 is 17.8. The number of nitrogens with one attached hydrogen (secondary N) is 1. The molecular formula is C64H66N14O7. The number of anilines is 4. The third-order valence-corrected chi connectivity index (χ3v) is 14.3. The molecule has 10 aromatic rings. The van der Waals surface area contributed by atoms with Crippen LogP contribution < -0.4 is 42.5 Å². The summed E-state index contributed by atoms with van der Waals surface area (Å²) in [6.07, 6.45) is 13.1. The fraction of sp³-hybridized carbons (Fsp3) is 0.203. The Bertz CT molecular complexity index is 4060. The minimum Gasteiger partial charge on any atom is -0.457 e. The molecule has 7 N–H and O–H groups in total. The molecule has 0 spiro atoms. The zero-order valence-electron chi connectivity index (χ0n) is 47.1. The van der Waals surface area contributed by atoms with Gasteiger partial charge in [-0.05, 0) is 167 Å². The number of hydrogen-bond donors (Lipinski definition) is 5. The van der Waals surface area contributed by atoms with E-state index in [0.717, 1.165) is 50.7 Å².